The fourth-order valence-electron chi connectivity index (χ4n) is 5.59. The van der Waals surface area contributed by atoms with Gasteiger partial charge in [-0.3, -0.25) is 19.8 Å². The third-order valence-electron chi connectivity index (χ3n) is 7.65. The van der Waals surface area contributed by atoms with Gasteiger partial charge >= 0.3 is 0 Å². The number of hydrogen-bond acceptors (Lipinski definition) is 5. The Labute approximate surface area is 221 Å². The van der Waals surface area contributed by atoms with Crippen LogP contribution in [-0.2, 0) is 13.1 Å². The highest BCUT2D eigenvalue weighted by Gasteiger charge is 2.25. The number of benzene rings is 3. The zero-order chi connectivity index (χ0) is 25.3. The number of aromatic hydroxyl groups is 1. The summed E-state index contributed by atoms with van der Waals surface area (Å²) in [5, 5.41) is 10.9. The molecule has 2 fully saturated rings. The van der Waals surface area contributed by atoms with Crippen molar-refractivity contribution in [2.45, 2.75) is 50.9 Å². The molecule has 1 N–H and O–H groups in total. The molecule has 0 amide bonds. The average Bonchev–Trinajstić information content (AvgIpc) is 3.56. The number of nitrogens with zero attached hydrogens (tertiary/aromatic N) is 4. The minimum atomic E-state index is 0.259. The maximum atomic E-state index is 10.9. The molecular formula is C32H38N4O. The predicted octanol–water partition coefficient (Wildman–Crippen LogP) is 5.56. The molecular weight excluding hydrogens is 456 g/mol. The molecule has 5 rings (SSSR count). The molecule has 0 bridgehead atoms. The number of rotatable bonds is 10. The van der Waals surface area contributed by atoms with Crippen LogP contribution in [0.25, 0.3) is 0 Å². The molecule has 0 saturated carbocycles. The van der Waals surface area contributed by atoms with Crippen molar-refractivity contribution in [3.05, 3.63) is 101 Å². The van der Waals surface area contributed by atoms with Crippen molar-refractivity contribution >= 4 is 12.4 Å². The lowest BCUT2D eigenvalue weighted by Crippen LogP contribution is -2.31. The lowest BCUT2D eigenvalue weighted by molar-refractivity contribution is 0.251. The van der Waals surface area contributed by atoms with Crippen LogP contribution in [0.4, 0.5) is 0 Å². The molecule has 2 heterocycles. The van der Waals surface area contributed by atoms with Crippen molar-refractivity contribution < 1.29 is 5.11 Å². The number of aliphatic imine (C=N–C) groups is 2. The Morgan fingerprint density at radius 3 is 1.57 bits per heavy atom. The van der Waals surface area contributed by atoms with Crippen LogP contribution in [0.1, 0.15) is 47.9 Å². The van der Waals surface area contributed by atoms with E-state index in [-0.39, 0.29) is 5.75 Å². The van der Waals surface area contributed by atoms with E-state index in [0.29, 0.717) is 12.1 Å². The molecule has 0 spiro atoms. The van der Waals surface area contributed by atoms with E-state index in [1.165, 1.54) is 36.8 Å². The van der Waals surface area contributed by atoms with Crippen LogP contribution in [-0.4, -0.2) is 65.6 Å². The highest BCUT2D eigenvalue weighted by molar-refractivity contribution is 5.91. The second-order valence-electron chi connectivity index (χ2n) is 10.3. The number of para-hydroxylation sites is 1. The van der Waals surface area contributed by atoms with Gasteiger partial charge in [0.1, 0.15) is 5.75 Å². The zero-order valence-electron chi connectivity index (χ0n) is 21.6. The first kappa shape index (κ1) is 25.4. The van der Waals surface area contributed by atoms with Gasteiger partial charge < -0.3 is 5.11 Å². The Hall–Kier alpha value is -3.28. The van der Waals surface area contributed by atoms with Crippen molar-refractivity contribution in [1.82, 2.24) is 9.80 Å². The van der Waals surface area contributed by atoms with E-state index < -0.39 is 0 Å². The van der Waals surface area contributed by atoms with Crippen LogP contribution >= 0.6 is 0 Å². The Balaban J connectivity index is 1.15. The predicted molar refractivity (Wildman–Crippen MR) is 153 cm³/mol. The Morgan fingerprint density at radius 2 is 1.11 bits per heavy atom. The summed E-state index contributed by atoms with van der Waals surface area (Å²) in [5.41, 5.74) is 4.21. The summed E-state index contributed by atoms with van der Waals surface area (Å²) in [6.07, 6.45) is 8.42. The fourth-order valence-corrected chi connectivity index (χ4v) is 5.59. The van der Waals surface area contributed by atoms with Crippen LogP contribution < -0.4 is 0 Å². The van der Waals surface area contributed by atoms with Gasteiger partial charge in [0.05, 0.1) is 13.1 Å². The molecule has 2 saturated heterocycles. The minimum Gasteiger partial charge on any atom is -0.507 e. The normalized spacial score (nSPS) is 21.0. The van der Waals surface area contributed by atoms with Crippen LogP contribution in [0.3, 0.4) is 0 Å². The summed E-state index contributed by atoms with van der Waals surface area (Å²) in [5.74, 6) is 0.259. The number of phenols is 1. The molecule has 2 atom stereocenters. The topological polar surface area (TPSA) is 51.4 Å². The van der Waals surface area contributed by atoms with E-state index in [1.807, 2.05) is 30.6 Å². The number of hydrogen-bond donors (Lipinski definition) is 1. The first-order valence-electron chi connectivity index (χ1n) is 13.6. The second-order valence-corrected chi connectivity index (χ2v) is 10.3. The largest absolute Gasteiger partial charge is 0.507 e. The SMILES string of the molecule is Oc1c(C=NC[C@H]2CCCN2Cc2ccccc2)cccc1C=NC[C@H]1CCCN1Cc1ccccc1. The van der Waals surface area contributed by atoms with Crippen molar-refractivity contribution in [3.8, 4) is 5.75 Å². The summed E-state index contributed by atoms with van der Waals surface area (Å²) < 4.78 is 0. The fraction of sp³-hybridized carbons (Fsp3) is 0.375. The summed E-state index contributed by atoms with van der Waals surface area (Å²) in [7, 11) is 0. The summed E-state index contributed by atoms with van der Waals surface area (Å²) in [6.45, 7) is 5.70. The summed E-state index contributed by atoms with van der Waals surface area (Å²) in [6, 6.07) is 28.0. The smallest absolute Gasteiger partial charge is 0.133 e. The van der Waals surface area contributed by atoms with Crippen molar-refractivity contribution in [3.63, 3.8) is 0 Å². The van der Waals surface area contributed by atoms with Crippen LogP contribution in [0.15, 0.2) is 88.8 Å². The average molecular weight is 495 g/mol. The zero-order valence-corrected chi connectivity index (χ0v) is 21.6. The molecule has 3 aromatic carbocycles. The minimum absolute atomic E-state index is 0.259. The second kappa shape index (κ2) is 12.8. The maximum Gasteiger partial charge on any atom is 0.133 e. The third kappa shape index (κ3) is 6.94. The monoisotopic (exact) mass is 494 g/mol. The van der Waals surface area contributed by atoms with E-state index in [0.717, 1.165) is 50.4 Å². The van der Waals surface area contributed by atoms with Gasteiger partial charge in [0.15, 0.2) is 0 Å². The summed E-state index contributed by atoms with van der Waals surface area (Å²) >= 11 is 0. The molecule has 2 aliphatic rings. The van der Waals surface area contributed by atoms with E-state index in [4.69, 9.17) is 9.98 Å². The van der Waals surface area contributed by atoms with Crippen molar-refractivity contribution in [2.24, 2.45) is 9.98 Å². The van der Waals surface area contributed by atoms with Gasteiger partial charge in [0.2, 0.25) is 0 Å². The standard InChI is InChI=1S/C32H38N4O/c37-32-28(20-33-22-30-16-8-18-35(30)24-26-10-3-1-4-11-26)14-7-15-29(32)21-34-23-31-17-9-19-36(31)25-27-12-5-2-6-13-27/h1-7,10-15,20-21,30-31,37H,8-9,16-19,22-25H2/t30-,31-/m1/s1. The number of phenolic OH excluding ortho intramolecular Hbond substituents is 1. The van der Waals surface area contributed by atoms with E-state index in [2.05, 4.69) is 70.5 Å². The molecule has 3 aromatic rings. The first-order chi connectivity index (χ1) is 18.3. The highest BCUT2D eigenvalue weighted by atomic mass is 16.3. The Bertz CT molecular complexity index is 1090. The maximum absolute atomic E-state index is 10.9. The molecule has 5 heteroatoms. The highest BCUT2D eigenvalue weighted by Crippen LogP contribution is 2.23. The van der Waals surface area contributed by atoms with Crippen LogP contribution in [0.2, 0.25) is 0 Å². The van der Waals surface area contributed by atoms with Gasteiger partial charge in [-0.15, -0.1) is 0 Å². The van der Waals surface area contributed by atoms with E-state index in [1.54, 1.807) is 0 Å². The van der Waals surface area contributed by atoms with Crippen molar-refractivity contribution in [1.29, 1.82) is 0 Å². The lowest BCUT2D eigenvalue weighted by atomic mass is 10.1. The number of likely N-dealkylation sites (tertiary alicyclic amines) is 2. The quantitative estimate of drug-likeness (QED) is 0.376. The lowest BCUT2D eigenvalue weighted by Gasteiger charge is -2.23. The molecule has 5 nitrogen and oxygen atoms in total. The van der Waals surface area contributed by atoms with Crippen molar-refractivity contribution in [2.75, 3.05) is 26.2 Å². The Kier molecular flexibility index (Phi) is 8.78. The van der Waals surface area contributed by atoms with Gasteiger partial charge in [0, 0.05) is 48.7 Å². The molecule has 2 aliphatic heterocycles. The van der Waals surface area contributed by atoms with Crippen LogP contribution in [0.5, 0.6) is 5.75 Å². The van der Waals surface area contributed by atoms with Gasteiger partial charge in [-0.2, -0.15) is 0 Å². The third-order valence-corrected chi connectivity index (χ3v) is 7.65. The van der Waals surface area contributed by atoms with E-state index in [9.17, 15) is 5.11 Å². The molecule has 0 aromatic heterocycles. The van der Waals surface area contributed by atoms with Gasteiger partial charge in [-0.05, 0) is 62.0 Å². The van der Waals surface area contributed by atoms with Gasteiger partial charge in [-0.25, -0.2) is 0 Å². The van der Waals surface area contributed by atoms with Crippen LogP contribution in [0, 0.1) is 0 Å². The van der Waals surface area contributed by atoms with Gasteiger partial charge in [-0.1, -0.05) is 66.7 Å². The summed E-state index contributed by atoms with van der Waals surface area (Å²) in [4.78, 5) is 14.5. The first-order valence-corrected chi connectivity index (χ1v) is 13.6. The van der Waals surface area contributed by atoms with Gasteiger partial charge in [0.25, 0.3) is 0 Å². The Morgan fingerprint density at radius 1 is 0.649 bits per heavy atom. The molecule has 37 heavy (non-hydrogen) atoms. The molecule has 0 aliphatic carbocycles. The van der Waals surface area contributed by atoms with E-state index >= 15 is 0 Å². The molecule has 192 valence electrons. The molecule has 0 radical (unpaired) electrons. The molecule has 0 unspecified atom stereocenters.